The van der Waals surface area contributed by atoms with Crippen molar-refractivity contribution < 1.29 is 10.0 Å². The number of carbonyl (C=O) groups excluding carboxylic acids is 1. The first kappa shape index (κ1) is 10.2. The van der Waals surface area contributed by atoms with Crippen molar-refractivity contribution in [2.75, 3.05) is 13.6 Å². The summed E-state index contributed by atoms with van der Waals surface area (Å²) in [6.07, 6.45) is 2.29. The van der Waals surface area contributed by atoms with Gasteiger partial charge in [-0.2, -0.15) is 0 Å². The molecule has 0 aromatic heterocycles. The Hall–Kier alpha value is -0.900. The normalized spacial score (nSPS) is 25.1. The summed E-state index contributed by atoms with van der Waals surface area (Å²) < 4.78 is 0. The van der Waals surface area contributed by atoms with E-state index in [1.807, 2.05) is 7.05 Å². The summed E-state index contributed by atoms with van der Waals surface area (Å²) in [6, 6.07) is 0.0386. The topological polar surface area (TPSA) is 52.9 Å². The van der Waals surface area contributed by atoms with Crippen LogP contribution in [0.5, 0.6) is 0 Å². The van der Waals surface area contributed by atoms with Crippen molar-refractivity contribution in [3.63, 3.8) is 0 Å². The molecule has 1 rings (SSSR count). The van der Waals surface area contributed by atoms with Gasteiger partial charge in [0, 0.05) is 6.42 Å². The second kappa shape index (κ2) is 4.37. The van der Waals surface area contributed by atoms with Crippen molar-refractivity contribution in [3.8, 4) is 0 Å². The molecule has 0 aliphatic carbocycles. The zero-order valence-corrected chi connectivity index (χ0v) is 8.16. The molecule has 0 aromatic carbocycles. The summed E-state index contributed by atoms with van der Waals surface area (Å²) in [6.45, 7) is 2.65. The van der Waals surface area contributed by atoms with Crippen LogP contribution >= 0.6 is 0 Å². The highest BCUT2D eigenvalue weighted by Crippen LogP contribution is 2.16. The third-order valence-electron chi connectivity index (χ3n) is 2.49. The van der Waals surface area contributed by atoms with E-state index in [1.54, 1.807) is 6.92 Å². The molecule has 1 N–H and O–H groups in total. The van der Waals surface area contributed by atoms with E-state index in [2.05, 4.69) is 10.1 Å². The average molecular weight is 184 g/mol. The lowest BCUT2D eigenvalue weighted by Crippen LogP contribution is -2.33. The molecule has 1 atom stereocenters. The molecule has 74 valence electrons. The standard InChI is InChI=1S/C9H16N2O2/c1-7(10-13)6-9(12)8-4-3-5-11(8)2/h8,13H,3-6H2,1-2H3/b10-7-/t8-/m0/s1. The minimum absolute atomic E-state index is 0.0386. The highest BCUT2D eigenvalue weighted by molar-refractivity contribution is 6.02. The predicted molar refractivity (Wildman–Crippen MR) is 50.2 cm³/mol. The molecule has 1 aliphatic heterocycles. The first-order valence-electron chi connectivity index (χ1n) is 4.55. The fourth-order valence-corrected chi connectivity index (χ4v) is 1.72. The van der Waals surface area contributed by atoms with Crippen molar-refractivity contribution in [1.82, 2.24) is 4.90 Å². The maximum absolute atomic E-state index is 11.6. The lowest BCUT2D eigenvalue weighted by Gasteiger charge is -2.17. The van der Waals surface area contributed by atoms with Gasteiger partial charge in [0.1, 0.15) is 0 Å². The van der Waals surface area contributed by atoms with Gasteiger partial charge in [-0.15, -0.1) is 0 Å². The molecule has 1 aliphatic rings. The Morgan fingerprint density at radius 1 is 1.69 bits per heavy atom. The van der Waals surface area contributed by atoms with Gasteiger partial charge in [-0.25, -0.2) is 0 Å². The lowest BCUT2D eigenvalue weighted by atomic mass is 10.1. The number of hydrogen-bond donors (Lipinski definition) is 1. The average Bonchev–Trinajstić information content (AvgIpc) is 2.51. The number of ketones is 1. The van der Waals surface area contributed by atoms with E-state index in [1.165, 1.54) is 0 Å². The van der Waals surface area contributed by atoms with E-state index >= 15 is 0 Å². The Morgan fingerprint density at radius 2 is 2.38 bits per heavy atom. The van der Waals surface area contributed by atoms with Crippen LogP contribution in [0.4, 0.5) is 0 Å². The minimum Gasteiger partial charge on any atom is -0.411 e. The maximum atomic E-state index is 11.6. The van der Waals surface area contributed by atoms with Gasteiger partial charge in [0.05, 0.1) is 11.8 Å². The number of carbonyl (C=O) groups is 1. The Labute approximate surface area is 78.2 Å². The Morgan fingerprint density at radius 3 is 2.85 bits per heavy atom. The third-order valence-corrected chi connectivity index (χ3v) is 2.49. The van der Waals surface area contributed by atoms with Crippen LogP contribution in [0.3, 0.4) is 0 Å². The van der Waals surface area contributed by atoms with Crippen LogP contribution in [-0.2, 0) is 4.79 Å². The Kier molecular flexibility index (Phi) is 3.42. The van der Waals surface area contributed by atoms with Gasteiger partial charge in [0.2, 0.25) is 0 Å². The number of likely N-dealkylation sites (N-methyl/N-ethyl adjacent to an activating group) is 1. The molecule has 4 heteroatoms. The van der Waals surface area contributed by atoms with Crippen molar-refractivity contribution >= 4 is 11.5 Å². The summed E-state index contributed by atoms with van der Waals surface area (Å²) in [7, 11) is 1.96. The molecule has 0 saturated carbocycles. The molecule has 0 radical (unpaired) electrons. The molecule has 1 saturated heterocycles. The highest BCUT2D eigenvalue weighted by atomic mass is 16.4. The molecule has 1 fully saturated rings. The quantitative estimate of drug-likeness (QED) is 0.402. The predicted octanol–water partition coefficient (Wildman–Crippen LogP) is 0.890. The van der Waals surface area contributed by atoms with Crippen molar-refractivity contribution in [1.29, 1.82) is 0 Å². The molecule has 4 nitrogen and oxygen atoms in total. The molecule has 13 heavy (non-hydrogen) atoms. The molecular weight excluding hydrogens is 168 g/mol. The largest absolute Gasteiger partial charge is 0.411 e. The second-order valence-corrected chi connectivity index (χ2v) is 3.62. The highest BCUT2D eigenvalue weighted by Gasteiger charge is 2.27. The van der Waals surface area contributed by atoms with E-state index in [0.29, 0.717) is 5.71 Å². The number of oxime groups is 1. The first-order valence-corrected chi connectivity index (χ1v) is 4.55. The van der Waals surface area contributed by atoms with E-state index in [4.69, 9.17) is 5.21 Å². The van der Waals surface area contributed by atoms with E-state index in [-0.39, 0.29) is 18.2 Å². The van der Waals surface area contributed by atoms with Gasteiger partial charge >= 0.3 is 0 Å². The number of hydrogen-bond acceptors (Lipinski definition) is 4. The van der Waals surface area contributed by atoms with E-state index in [0.717, 1.165) is 19.4 Å². The van der Waals surface area contributed by atoms with Gasteiger partial charge in [-0.05, 0) is 33.4 Å². The number of rotatable bonds is 3. The van der Waals surface area contributed by atoms with E-state index in [9.17, 15) is 4.79 Å². The van der Waals surface area contributed by atoms with E-state index < -0.39 is 0 Å². The van der Waals surface area contributed by atoms with Gasteiger partial charge < -0.3 is 5.21 Å². The Balaban J connectivity index is 2.48. The van der Waals surface area contributed by atoms with Gasteiger partial charge in [0.25, 0.3) is 0 Å². The van der Waals surface area contributed by atoms with Crippen molar-refractivity contribution in [2.45, 2.75) is 32.2 Å². The molecule has 1 heterocycles. The fraction of sp³-hybridized carbons (Fsp3) is 0.778. The van der Waals surface area contributed by atoms with Crippen LogP contribution in [0.25, 0.3) is 0 Å². The third kappa shape index (κ3) is 2.52. The molecule has 0 spiro atoms. The summed E-state index contributed by atoms with van der Waals surface area (Å²) in [5.41, 5.74) is 0.491. The first-order chi connectivity index (χ1) is 6.15. The SMILES string of the molecule is C/C(CC(=O)[C@@H]1CCCN1C)=N/O. The fourth-order valence-electron chi connectivity index (χ4n) is 1.72. The van der Waals surface area contributed by atoms with Crippen LogP contribution in [0, 0.1) is 0 Å². The number of Topliss-reactive ketones (excluding diaryl/α,β-unsaturated/α-hetero) is 1. The van der Waals surface area contributed by atoms with Gasteiger partial charge in [-0.1, -0.05) is 5.16 Å². The summed E-state index contributed by atoms with van der Waals surface area (Å²) in [4.78, 5) is 13.7. The number of nitrogens with zero attached hydrogens (tertiary/aromatic N) is 2. The summed E-state index contributed by atoms with van der Waals surface area (Å²) in [5, 5.41) is 11.4. The molecule has 0 amide bonds. The van der Waals surface area contributed by atoms with Crippen molar-refractivity contribution in [2.24, 2.45) is 5.16 Å². The van der Waals surface area contributed by atoms with Crippen LogP contribution in [0.2, 0.25) is 0 Å². The molecule has 0 aromatic rings. The van der Waals surface area contributed by atoms with Gasteiger partial charge in [-0.3, -0.25) is 9.69 Å². The van der Waals surface area contributed by atoms with Crippen LogP contribution in [0.15, 0.2) is 5.16 Å². The maximum Gasteiger partial charge on any atom is 0.155 e. The summed E-state index contributed by atoms with van der Waals surface area (Å²) >= 11 is 0. The smallest absolute Gasteiger partial charge is 0.155 e. The molecule has 0 unspecified atom stereocenters. The minimum atomic E-state index is 0.0386. The molecule has 0 bridgehead atoms. The zero-order valence-electron chi connectivity index (χ0n) is 8.16. The Bertz CT molecular complexity index is 226. The molecular formula is C9H16N2O2. The monoisotopic (exact) mass is 184 g/mol. The van der Waals surface area contributed by atoms with Crippen LogP contribution in [0.1, 0.15) is 26.2 Å². The lowest BCUT2D eigenvalue weighted by molar-refractivity contribution is -0.121. The summed E-state index contributed by atoms with van der Waals surface area (Å²) in [5.74, 6) is 0.162. The van der Waals surface area contributed by atoms with Crippen molar-refractivity contribution in [3.05, 3.63) is 0 Å². The number of likely N-dealkylation sites (tertiary alicyclic amines) is 1. The van der Waals surface area contributed by atoms with Gasteiger partial charge in [0.15, 0.2) is 5.78 Å². The van der Waals surface area contributed by atoms with Crippen LogP contribution < -0.4 is 0 Å². The van der Waals surface area contributed by atoms with Crippen LogP contribution in [-0.4, -0.2) is 41.2 Å². The zero-order chi connectivity index (χ0) is 9.84. The second-order valence-electron chi connectivity index (χ2n) is 3.62.